The van der Waals surface area contributed by atoms with Crippen LogP contribution in [0.2, 0.25) is 0 Å². The van der Waals surface area contributed by atoms with E-state index >= 15 is 0 Å². The molecule has 1 saturated carbocycles. The molecule has 2 nitrogen and oxygen atoms in total. The highest BCUT2D eigenvalue weighted by molar-refractivity contribution is 5.48. The zero-order valence-corrected chi connectivity index (χ0v) is 10.1. The molecule has 94 valence electrons. The van der Waals surface area contributed by atoms with Crippen molar-refractivity contribution < 1.29 is 13.2 Å². The van der Waals surface area contributed by atoms with Gasteiger partial charge in [-0.2, -0.15) is 18.3 Å². The number of hydrogen-bond donors (Lipinski definition) is 1. The minimum absolute atomic E-state index is 0.0159. The lowest BCUT2D eigenvalue weighted by Crippen LogP contribution is -2.32. The van der Waals surface area contributed by atoms with Crippen LogP contribution in [-0.2, 0) is 11.6 Å². The van der Waals surface area contributed by atoms with Gasteiger partial charge in [-0.3, -0.25) is 5.10 Å². The van der Waals surface area contributed by atoms with Crippen LogP contribution in [0.4, 0.5) is 13.2 Å². The lowest BCUT2D eigenvalue weighted by molar-refractivity contribution is -0.142. The summed E-state index contributed by atoms with van der Waals surface area (Å²) >= 11 is 0. The fourth-order valence-electron chi connectivity index (χ4n) is 3.78. The number of halogens is 3. The number of H-pyrrole nitrogens is 1. The zero-order valence-electron chi connectivity index (χ0n) is 10.1. The fraction of sp³-hybridized carbons (Fsp3) is 0.750. The first kappa shape index (κ1) is 11.1. The van der Waals surface area contributed by atoms with Gasteiger partial charge in [-0.25, -0.2) is 0 Å². The van der Waals surface area contributed by atoms with E-state index in [1.54, 1.807) is 0 Å². The lowest BCUT2D eigenvalue weighted by atomic mass is 9.70. The van der Waals surface area contributed by atoms with Crippen LogP contribution in [-0.4, -0.2) is 10.2 Å². The second-order valence-corrected chi connectivity index (χ2v) is 6.00. The topological polar surface area (TPSA) is 28.7 Å². The number of alkyl halides is 3. The van der Waals surface area contributed by atoms with Gasteiger partial charge in [0.15, 0.2) is 5.69 Å². The van der Waals surface area contributed by atoms with Gasteiger partial charge in [0.2, 0.25) is 0 Å². The van der Waals surface area contributed by atoms with E-state index in [1.807, 2.05) is 0 Å². The van der Waals surface area contributed by atoms with Gasteiger partial charge < -0.3 is 0 Å². The first-order valence-electron chi connectivity index (χ1n) is 5.85. The number of rotatable bonds is 0. The summed E-state index contributed by atoms with van der Waals surface area (Å²) < 4.78 is 38.7. The van der Waals surface area contributed by atoms with Crippen molar-refractivity contribution in [2.45, 2.75) is 51.1 Å². The summed E-state index contributed by atoms with van der Waals surface area (Å²) in [6.07, 6.45) is -2.57. The summed E-state index contributed by atoms with van der Waals surface area (Å²) in [5.74, 6) is -0.0159. The fourth-order valence-corrected chi connectivity index (χ4v) is 3.78. The molecular formula is C12H15F3N2. The quantitative estimate of drug-likeness (QED) is 0.742. The molecule has 0 amide bonds. The Hall–Kier alpha value is -1.00. The van der Waals surface area contributed by atoms with Crippen LogP contribution in [0.15, 0.2) is 0 Å². The van der Waals surface area contributed by atoms with Gasteiger partial charge >= 0.3 is 6.18 Å². The van der Waals surface area contributed by atoms with Gasteiger partial charge in [0.25, 0.3) is 0 Å². The van der Waals surface area contributed by atoms with E-state index in [-0.39, 0.29) is 16.7 Å². The van der Waals surface area contributed by atoms with Crippen molar-refractivity contribution in [2.75, 3.05) is 0 Å². The van der Waals surface area contributed by atoms with E-state index in [4.69, 9.17) is 0 Å². The molecule has 1 N–H and O–H groups in total. The number of nitrogens with one attached hydrogen (secondary N) is 1. The van der Waals surface area contributed by atoms with Crippen molar-refractivity contribution in [3.8, 4) is 0 Å². The van der Waals surface area contributed by atoms with Gasteiger partial charge in [0, 0.05) is 16.7 Å². The molecule has 1 aromatic heterocycles. The smallest absolute Gasteiger partial charge is 0.281 e. The highest BCUT2D eigenvalue weighted by atomic mass is 19.4. The summed E-state index contributed by atoms with van der Waals surface area (Å²) in [6, 6.07) is 0. The highest BCUT2D eigenvalue weighted by Crippen LogP contribution is 2.68. The maximum absolute atomic E-state index is 12.9. The summed E-state index contributed by atoms with van der Waals surface area (Å²) in [5.41, 5.74) is 0.136. The van der Waals surface area contributed by atoms with Gasteiger partial charge in [-0.15, -0.1) is 0 Å². The Morgan fingerprint density at radius 1 is 1.29 bits per heavy atom. The van der Waals surface area contributed by atoms with Crippen molar-refractivity contribution in [1.29, 1.82) is 0 Å². The lowest BCUT2D eigenvalue weighted by Gasteiger charge is -2.34. The summed E-state index contributed by atoms with van der Waals surface area (Å²) in [6.45, 7) is 6.19. The first-order valence-corrected chi connectivity index (χ1v) is 5.85. The van der Waals surface area contributed by atoms with E-state index in [0.717, 1.165) is 12.8 Å². The Morgan fingerprint density at radius 3 is 2.53 bits per heavy atom. The summed E-state index contributed by atoms with van der Waals surface area (Å²) in [7, 11) is 0. The number of hydrogen-bond acceptors (Lipinski definition) is 1. The molecule has 3 rings (SSSR count). The van der Waals surface area contributed by atoms with Crippen molar-refractivity contribution in [3.63, 3.8) is 0 Å². The molecule has 5 heteroatoms. The molecule has 0 spiro atoms. The number of nitrogens with zero attached hydrogens (tertiary/aromatic N) is 1. The number of aromatic nitrogens is 2. The molecule has 1 aromatic rings. The van der Waals surface area contributed by atoms with Crippen LogP contribution in [0.1, 0.15) is 56.5 Å². The van der Waals surface area contributed by atoms with Crippen LogP contribution in [0, 0.1) is 5.41 Å². The predicted molar refractivity (Wildman–Crippen MR) is 56.7 cm³/mol. The van der Waals surface area contributed by atoms with Crippen LogP contribution >= 0.6 is 0 Å². The molecule has 1 heterocycles. The molecule has 0 radical (unpaired) electrons. The van der Waals surface area contributed by atoms with Crippen LogP contribution in [0.25, 0.3) is 0 Å². The Balaban J connectivity index is 2.24. The molecule has 2 aliphatic carbocycles. The predicted octanol–water partition coefficient (Wildman–Crippen LogP) is 3.60. The minimum Gasteiger partial charge on any atom is -0.281 e. The van der Waals surface area contributed by atoms with Crippen LogP contribution in [0.5, 0.6) is 0 Å². The van der Waals surface area contributed by atoms with Gasteiger partial charge in [-0.05, 0) is 24.2 Å². The Labute approximate surface area is 97.6 Å². The van der Waals surface area contributed by atoms with Crippen molar-refractivity contribution in [2.24, 2.45) is 5.41 Å². The molecule has 17 heavy (non-hydrogen) atoms. The van der Waals surface area contributed by atoms with E-state index in [0.29, 0.717) is 11.3 Å². The average molecular weight is 244 g/mol. The SMILES string of the molecule is CC1(C)[C@@H]2CC[C@@]1(C)c1[nH]nc(C(F)(F)F)c12. The molecule has 1 fully saturated rings. The molecule has 0 aromatic carbocycles. The highest BCUT2D eigenvalue weighted by Gasteiger charge is 2.63. The third-order valence-corrected chi connectivity index (χ3v) is 5.20. The average Bonchev–Trinajstić information content (AvgIpc) is 2.73. The van der Waals surface area contributed by atoms with Crippen molar-refractivity contribution in [3.05, 3.63) is 17.0 Å². The third-order valence-electron chi connectivity index (χ3n) is 5.20. The van der Waals surface area contributed by atoms with E-state index in [9.17, 15) is 13.2 Å². The second-order valence-electron chi connectivity index (χ2n) is 6.00. The van der Waals surface area contributed by atoms with Gasteiger partial charge in [0.1, 0.15) is 0 Å². The molecule has 2 aliphatic rings. The van der Waals surface area contributed by atoms with E-state index in [2.05, 4.69) is 31.0 Å². The van der Waals surface area contributed by atoms with E-state index < -0.39 is 11.9 Å². The molecule has 0 saturated heterocycles. The standard InChI is InChI=1S/C12H15F3N2/c1-10(2)6-4-5-11(10,3)8-7(6)9(17-16-8)12(13,14)15/h6H,4-5H2,1-3H3,(H,16,17)/t6-,11+/m1/s1. The molecule has 2 atom stereocenters. The first-order chi connectivity index (χ1) is 7.69. The van der Waals surface area contributed by atoms with Crippen molar-refractivity contribution >= 4 is 0 Å². The maximum atomic E-state index is 12.9. The number of aromatic amines is 1. The zero-order chi connectivity index (χ0) is 12.6. The Kier molecular flexibility index (Phi) is 1.76. The number of fused-ring (bicyclic) bond motifs is 5. The molecule has 0 aliphatic heterocycles. The Bertz CT molecular complexity index is 486. The third kappa shape index (κ3) is 1.06. The van der Waals surface area contributed by atoms with Crippen LogP contribution in [0.3, 0.4) is 0 Å². The maximum Gasteiger partial charge on any atom is 0.435 e. The minimum atomic E-state index is -4.35. The molecule has 2 bridgehead atoms. The monoisotopic (exact) mass is 244 g/mol. The molecule has 0 unspecified atom stereocenters. The normalized spacial score (nSPS) is 34.1. The largest absolute Gasteiger partial charge is 0.435 e. The van der Waals surface area contributed by atoms with E-state index in [1.165, 1.54) is 0 Å². The van der Waals surface area contributed by atoms with Gasteiger partial charge in [0.05, 0.1) is 0 Å². The summed E-state index contributed by atoms with van der Waals surface area (Å²) in [5, 5.41) is 6.16. The van der Waals surface area contributed by atoms with Crippen LogP contribution < -0.4 is 0 Å². The summed E-state index contributed by atoms with van der Waals surface area (Å²) in [4.78, 5) is 0. The Morgan fingerprint density at radius 2 is 1.94 bits per heavy atom. The van der Waals surface area contributed by atoms with Gasteiger partial charge in [-0.1, -0.05) is 20.8 Å². The van der Waals surface area contributed by atoms with Crippen molar-refractivity contribution in [1.82, 2.24) is 10.2 Å². The molecular weight excluding hydrogens is 229 g/mol. The second kappa shape index (κ2) is 2.70.